The van der Waals surface area contributed by atoms with Crippen LogP contribution in [0.1, 0.15) is 5.76 Å². The molecule has 0 saturated carbocycles. The van der Waals surface area contributed by atoms with Gasteiger partial charge in [-0.05, 0) is 12.1 Å². The summed E-state index contributed by atoms with van der Waals surface area (Å²) in [7, 11) is 0. The number of amides is 2. The zero-order chi connectivity index (χ0) is 13.7. The third-order valence-electron chi connectivity index (χ3n) is 2.55. The molecule has 8 heteroatoms. The molecular formula is C11H13N3O5. The van der Waals surface area contributed by atoms with Crippen molar-refractivity contribution in [2.75, 3.05) is 26.3 Å². The summed E-state index contributed by atoms with van der Waals surface area (Å²) >= 11 is 0. The van der Waals surface area contributed by atoms with E-state index >= 15 is 0 Å². The number of nitrogens with one attached hydrogen (secondary N) is 1. The lowest BCUT2D eigenvalue weighted by Crippen LogP contribution is -2.44. The first kappa shape index (κ1) is 13.1. The van der Waals surface area contributed by atoms with E-state index in [1.807, 2.05) is 0 Å². The zero-order valence-corrected chi connectivity index (χ0v) is 10.1. The van der Waals surface area contributed by atoms with E-state index in [9.17, 15) is 14.9 Å². The van der Waals surface area contributed by atoms with E-state index < -0.39 is 4.92 Å². The van der Waals surface area contributed by atoms with Gasteiger partial charge in [-0.1, -0.05) is 0 Å². The third-order valence-corrected chi connectivity index (χ3v) is 2.55. The molecule has 1 N–H and O–H groups in total. The second kappa shape index (κ2) is 6.01. The van der Waals surface area contributed by atoms with Gasteiger partial charge in [-0.15, -0.1) is 0 Å². The molecule has 0 radical (unpaired) electrons. The van der Waals surface area contributed by atoms with Crippen molar-refractivity contribution in [3.8, 4) is 0 Å². The van der Waals surface area contributed by atoms with Crippen molar-refractivity contribution in [2.45, 2.75) is 0 Å². The molecule has 1 aromatic rings. The van der Waals surface area contributed by atoms with E-state index in [1.165, 1.54) is 24.4 Å². The Labute approximate surface area is 108 Å². The van der Waals surface area contributed by atoms with E-state index in [2.05, 4.69) is 5.32 Å². The fourth-order valence-electron chi connectivity index (χ4n) is 1.58. The molecule has 1 aliphatic heterocycles. The first-order valence-corrected chi connectivity index (χ1v) is 5.71. The highest BCUT2D eigenvalue weighted by Gasteiger charge is 2.15. The molecule has 0 unspecified atom stereocenters. The normalized spacial score (nSPS) is 15.7. The number of nitrogens with zero attached hydrogens (tertiary/aromatic N) is 2. The van der Waals surface area contributed by atoms with E-state index in [1.54, 1.807) is 4.90 Å². The predicted octanol–water partition coefficient (Wildman–Crippen LogP) is 1.20. The number of hydrogen-bond donors (Lipinski definition) is 1. The maximum atomic E-state index is 11.7. The van der Waals surface area contributed by atoms with Crippen LogP contribution >= 0.6 is 0 Å². The fourth-order valence-corrected chi connectivity index (χ4v) is 1.58. The average Bonchev–Trinajstić information content (AvgIpc) is 2.89. The number of nitro groups is 1. The van der Waals surface area contributed by atoms with Gasteiger partial charge >= 0.3 is 11.9 Å². The average molecular weight is 267 g/mol. The van der Waals surface area contributed by atoms with E-state index in [0.29, 0.717) is 32.1 Å². The van der Waals surface area contributed by atoms with E-state index in [4.69, 9.17) is 9.15 Å². The van der Waals surface area contributed by atoms with Crippen LogP contribution in [0.25, 0.3) is 6.08 Å². The topological polar surface area (TPSA) is 97.8 Å². The van der Waals surface area contributed by atoms with Gasteiger partial charge in [0.05, 0.1) is 19.3 Å². The number of morpholine rings is 1. The minimum absolute atomic E-state index is 0.236. The molecule has 102 valence electrons. The van der Waals surface area contributed by atoms with Crippen LogP contribution in [0.4, 0.5) is 10.7 Å². The number of hydrogen-bond acceptors (Lipinski definition) is 5. The van der Waals surface area contributed by atoms with Gasteiger partial charge in [0.25, 0.3) is 0 Å². The van der Waals surface area contributed by atoms with Crippen molar-refractivity contribution in [1.29, 1.82) is 0 Å². The lowest BCUT2D eigenvalue weighted by Gasteiger charge is -2.26. The largest absolute Gasteiger partial charge is 0.433 e. The van der Waals surface area contributed by atoms with Crippen LogP contribution in [0, 0.1) is 10.1 Å². The van der Waals surface area contributed by atoms with Gasteiger partial charge in [0, 0.05) is 19.3 Å². The van der Waals surface area contributed by atoms with Crippen LogP contribution in [-0.2, 0) is 4.74 Å². The van der Waals surface area contributed by atoms with Crippen LogP contribution in [0.15, 0.2) is 22.7 Å². The molecule has 1 fully saturated rings. The Morgan fingerprint density at radius 3 is 2.79 bits per heavy atom. The summed E-state index contributed by atoms with van der Waals surface area (Å²) in [6.45, 7) is 2.15. The van der Waals surface area contributed by atoms with E-state index in [-0.39, 0.29) is 11.9 Å². The molecule has 1 aromatic heterocycles. The number of carbonyl (C=O) groups excluding carboxylic acids is 1. The summed E-state index contributed by atoms with van der Waals surface area (Å²) in [4.78, 5) is 23.1. The number of carbonyl (C=O) groups is 1. The van der Waals surface area contributed by atoms with E-state index in [0.717, 1.165) is 0 Å². The predicted molar refractivity (Wildman–Crippen MR) is 65.3 cm³/mol. The first-order valence-electron chi connectivity index (χ1n) is 5.71. The van der Waals surface area contributed by atoms with Crippen LogP contribution < -0.4 is 5.32 Å². The standard InChI is InChI=1S/C11H13N3O5/c15-11(13-5-7-18-8-6-13)12-4-3-9-1-2-10(19-9)14(16)17/h1-4H,5-8H2,(H,12,15). The minimum atomic E-state index is -0.621. The van der Waals surface area contributed by atoms with Crippen molar-refractivity contribution >= 4 is 18.0 Å². The molecule has 1 saturated heterocycles. The molecule has 8 nitrogen and oxygen atoms in total. The van der Waals surface area contributed by atoms with Gasteiger partial charge in [0.2, 0.25) is 0 Å². The molecule has 0 bridgehead atoms. The molecule has 19 heavy (non-hydrogen) atoms. The van der Waals surface area contributed by atoms with Crippen LogP contribution in [0.2, 0.25) is 0 Å². The molecule has 0 atom stereocenters. The zero-order valence-electron chi connectivity index (χ0n) is 10.1. The number of rotatable bonds is 3. The Bertz CT molecular complexity index is 490. The number of ether oxygens (including phenoxy) is 1. The van der Waals surface area contributed by atoms with Crippen molar-refractivity contribution in [3.05, 3.63) is 34.2 Å². The molecule has 0 spiro atoms. The van der Waals surface area contributed by atoms with Crippen molar-refractivity contribution < 1.29 is 18.9 Å². The molecule has 2 heterocycles. The number of furan rings is 1. The lowest BCUT2D eigenvalue weighted by molar-refractivity contribution is -0.402. The monoisotopic (exact) mass is 267 g/mol. The Morgan fingerprint density at radius 2 is 2.16 bits per heavy atom. The van der Waals surface area contributed by atoms with Crippen LogP contribution in [0.5, 0.6) is 0 Å². The summed E-state index contributed by atoms with van der Waals surface area (Å²) in [5, 5.41) is 13.0. The Hall–Kier alpha value is -2.35. The minimum Gasteiger partial charge on any atom is -0.401 e. The number of urea groups is 1. The molecule has 1 aliphatic rings. The van der Waals surface area contributed by atoms with Crippen LogP contribution in [-0.4, -0.2) is 42.2 Å². The third kappa shape index (κ3) is 3.55. The second-order valence-corrected chi connectivity index (χ2v) is 3.82. The van der Waals surface area contributed by atoms with Gasteiger partial charge in [0.15, 0.2) is 0 Å². The quantitative estimate of drug-likeness (QED) is 0.655. The fraction of sp³-hybridized carbons (Fsp3) is 0.364. The Kier molecular flexibility index (Phi) is 4.14. The highest BCUT2D eigenvalue weighted by molar-refractivity contribution is 5.76. The SMILES string of the molecule is O=C(NC=Cc1ccc([N+](=O)[O-])o1)N1CCOCC1. The maximum Gasteiger partial charge on any atom is 0.433 e. The maximum absolute atomic E-state index is 11.7. The Morgan fingerprint density at radius 1 is 1.42 bits per heavy atom. The van der Waals surface area contributed by atoms with Crippen molar-refractivity contribution in [1.82, 2.24) is 10.2 Å². The van der Waals surface area contributed by atoms with Crippen molar-refractivity contribution in [3.63, 3.8) is 0 Å². The van der Waals surface area contributed by atoms with Crippen molar-refractivity contribution in [2.24, 2.45) is 0 Å². The lowest BCUT2D eigenvalue weighted by atomic mass is 10.4. The van der Waals surface area contributed by atoms with Gasteiger partial charge < -0.3 is 19.4 Å². The van der Waals surface area contributed by atoms with Gasteiger partial charge in [-0.2, -0.15) is 0 Å². The molecule has 0 aliphatic carbocycles. The molecule has 2 rings (SSSR count). The highest BCUT2D eigenvalue weighted by atomic mass is 16.6. The summed E-state index contributed by atoms with van der Waals surface area (Å²) in [6.07, 6.45) is 2.84. The first-order chi connectivity index (χ1) is 9.16. The van der Waals surface area contributed by atoms with Crippen LogP contribution in [0.3, 0.4) is 0 Å². The highest BCUT2D eigenvalue weighted by Crippen LogP contribution is 2.16. The Balaban J connectivity index is 1.84. The van der Waals surface area contributed by atoms with Gasteiger partial charge in [-0.25, -0.2) is 4.79 Å². The summed E-state index contributed by atoms with van der Waals surface area (Å²) in [6, 6.07) is 2.47. The summed E-state index contributed by atoms with van der Waals surface area (Å²) in [5.74, 6) is -0.0341. The van der Waals surface area contributed by atoms with Gasteiger partial charge in [-0.3, -0.25) is 10.1 Å². The second-order valence-electron chi connectivity index (χ2n) is 3.82. The summed E-state index contributed by atoms with van der Waals surface area (Å²) < 4.78 is 10.0. The van der Waals surface area contributed by atoms with Gasteiger partial charge in [0.1, 0.15) is 10.7 Å². The smallest absolute Gasteiger partial charge is 0.401 e. The molecule has 0 aromatic carbocycles. The molecule has 2 amide bonds. The summed E-state index contributed by atoms with van der Waals surface area (Å²) in [5.41, 5.74) is 0. The molecular weight excluding hydrogens is 254 g/mol.